The van der Waals surface area contributed by atoms with Gasteiger partial charge < -0.3 is 26.0 Å². The predicted octanol–water partition coefficient (Wildman–Crippen LogP) is 2.08. The van der Waals surface area contributed by atoms with E-state index in [9.17, 15) is 14.4 Å². The van der Waals surface area contributed by atoms with Crippen molar-refractivity contribution in [2.24, 2.45) is 5.73 Å². The standard InChI is InChI=1S/C24H23N5O4S/c25-22(26)16-10-19(34-14-16)11-27-24(32)20-13-29(20)21(30)12-28-23(31)15-6-8-18(9-7-15)33-17-4-2-1-3-5-17/h1-10,14,20H,11-13H2,(H3,25,26)(H,27,32)(H,28,31). The van der Waals surface area contributed by atoms with Crippen LogP contribution < -0.4 is 21.1 Å². The molecule has 5 N–H and O–H groups in total. The molecule has 0 spiro atoms. The van der Waals surface area contributed by atoms with Gasteiger partial charge in [0, 0.05) is 21.4 Å². The van der Waals surface area contributed by atoms with E-state index in [-0.39, 0.29) is 30.1 Å². The number of thiophene rings is 1. The molecule has 1 aliphatic rings. The van der Waals surface area contributed by atoms with Crippen LogP contribution in [0.15, 0.2) is 66.0 Å². The van der Waals surface area contributed by atoms with E-state index in [1.54, 1.807) is 35.7 Å². The van der Waals surface area contributed by atoms with Gasteiger partial charge in [0.25, 0.3) is 5.91 Å². The van der Waals surface area contributed by atoms with Gasteiger partial charge in [-0.3, -0.25) is 19.8 Å². The molecule has 174 valence electrons. The third-order valence-electron chi connectivity index (χ3n) is 5.13. The molecule has 2 heterocycles. The Morgan fingerprint density at radius 2 is 1.74 bits per heavy atom. The van der Waals surface area contributed by atoms with E-state index in [0.717, 1.165) is 4.88 Å². The van der Waals surface area contributed by atoms with Gasteiger partial charge in [-0.1, -0.05) is 18.2 Å². The summed E-state index contributed by atoms with van der Waals surface area (Å²) in [6.07, 6.45) is 0. The van der Waals surface area contributed by atoms with Crippen LogP contribution in [0.1, 0.15) is 20.8 Å². The average molecular weight is 478 g/mol. The number of para-hydroxylation sites is 1. The first-order valence-corrected chi connectivity index (χ1v) is 11.4. The normalized spacial score (nSPS) is 14.2. The molecule has 0 bridgehead atoms. The number of nitrogens with zero attached hydrogens (tertiary/aromatic N) is 1. The molecule has 3 aromatic rings. The summed E-state index contributed by atoms with van der Waals surface area (Å²) in [6, 6.07) is 17.1. The molecule has 0 aliphatic carbocycles. The van der Waals surface area contributed by atoms with Gasteiger partial charge in [-0.15, -0.1) is 11.3 Å². The molecule has 9 nitrogen and oxygen atoms in total. The lowest BCUT2D eigenvalue weighted by atomic mass is 10.2. The second-order valence-electron chi connectivity index (χ2n) is 7.62. The van der Waals surface area contributed by atoms with E-state index < -0.39 is 6.04 Å². The molecule has 34 heavy (non-hydrogen) atoms. The highest BCUT2D eigenvalue weighted by atomic mass is 32.1. The highest BCUT2D eigenvalue weighted by Gasteiger charge is 2.43. The summed E-state index contributed by atoms with van der Waals surface area (Å²) in [5.41, 5.74) is 6.45. The summed E-state index contributed by atoms with van der Waals surface area (Å²) < 4.78 is 5.70. The van der Waals surface area contributed by atoms with Crippen LogP contribution in [0, 0.1) is 5.41 Å². The van der Waals surface area contributed by atoms with Crippen LogP contribution in [0.4, 0.5) is 0 Å². The minimum atomic E-state index is -0.536. The summed E-state index contributed by atoms with van der Waals surface area (Å²) in [6.45, 7) is 0.420. The molecule has 1 aliphatic heterocycles. The van der Waals surface area contributed by atoms with Crippen LogP contribution in [0.5, 0.6) is 11.5 Å². The third-order valence-corrected chi connectivity index (χ3v) is 6.07. The van der Waals surface area contributed by atoms with Crippen LogP contribution >= 0.6 is 11.3 Å². The van der Waals surface area contributed by atoms with Gasteiger partial charge in [0.05, 0.1) is 19.6 Å². The molecule has 1 atom stereocenters. The summed E-state index contributed by atoms with van der Waals surface area (Å²) in [7, 11) is 0. The maximum atomic E-state index is 12.4. The summed E-state index contributed by atoms with van der Waals surface area (Å²) >= 11 is 1.40. The van der Waals surface area contributed by atoms with Crippen LogP contribution in [0.3, 0.4) is 0 Å². The zero-order chi connectivity index (χ0) is 24.1. The molecule has 10 heteroatoms. The fourth-order valence-electron chi connectivity index (χ4n) is 3.20. The van der Waals surface area contributed by atoms with Crippen LogP contribution in [-0.4, -0.2) is 47.6 Å². The Balaban J connectivity index is 1.19. The molecular weight excluding hydrogens is 454 g/mol. The number of nitrogens with two attached hydrogens (primary N) is 1. The number of rotatable bonds is 9. The Labute approximate surface area is 200 Å². The lowest BCUT2D eigenvalue weighted by Crippen LogP contribution is -2.36. The van der Waals surface area contributed by atoms with Crippen LogP contribution in [-0.2, 0) is 16.1 Å². The van der Waals surface area contributed by atoms with Crippen molar-refractivity contribution in [2.75, 3.05) is 13.1 Å². The third kappa shape index (κ3) is 5.78. The number of amidine groups is 1. The molecule has 0 saturated carbocycles. The molecule has 0 radical (unpaired) electrons. The van der Waals surface area contributed by atoms with E-state index in [2.05, 4.69) is 10.6 Å². The topological polar surface area (TPSA) is 137 Å². The molecule has 2 aromatic carbocycles. The molecule has 4 rings (SSSR count). The van der Waals surface area contributed by atoms with Crippen LogP contribution in [0.2, 0.25) is 0 Å². The first-order chi connectivity index (χ1) is 16.4. The van der Waals surface area contributed by atoms with Crippen molar-refractivity contribution in [2.45, 2.75) is 12.6 Å². The first-order valence-electron chi connectivity index (χ1n) is 10.5. The van der Waals surface area contributed by atoms with Gasteiger partial charge in [-0.05, 0) is 42.5 Å². The molecule has 1 aromatic heterocycles. The van der Waals surface area contributed by atoms with Crippen molar-refractivity contribution in [3.05, 3.63) is 82.0 Å². The molecule has 3 amide bonds. The second kappa shape index (κ2) is 10.2. The number of nitrogens with one attached hydrogen (secondary N) is 3. The van der Waals surface area contributed by atoms with Crippen molar-refractivity contribution in [3.8, 4) is 11.5 Å². The minimum Gasteiger partial charge on any atom is -0.457 e. The Kier molecular flexibility index (Phi) is 6.88. The SMILES string of the molecule is N=C(N)c1csc(CNC(=O)C2CN2C(=O)CNC(=O)c2ccc(Oc3ccccc3)cc2)c1. The van der Waals surface area contributed by atoms with Crippen LogP contribution in [0.25, 0.3) is 0 Å². The second-order valence-corrected chi connectivity index (χ2v) is 8.61. The largest absolute Gasteiger partial charge is 0.457 e. The minimum absolute atomic E-state index is 0.0219. The van der Waals surface area contributed by atoms with E-state index in [4.69, 9.17) is 15.9 Å². The molecular formula is C24H23N5O4S. The molecule has 1 saturated heterocycles. The van der Waals surface area contributed by atoms with Gasteiger partial charge in [-0.25, -0.2) is 0 Å². The maximum absolute atomic E-state index is 12.4. The Morgan fingerprint density at radius 1 is 1.03 bits per heavy atom. The highest BCUT2D eigenvalue weighted by Crippen LogP contribution is 2.21. The number of ether oxygens (including phenoxy) is 1. The van der Waals surface area contributed by atoms with Gasteiger partial charge in [0.15, 0.2) is 0 Å². The van der Waals surface area contributed by atoms with Gasteiger partial charge >= 0.3 is 0 Å². The lowest BCUT2D eigenvalue weighted by Gasteiger charge is -2.08. The number of carbonyl (C=O) groups is 3. The Morgan fingerprint density at radius 3 is 2.41 bits per heavy atom. The smallest absolute Gasteiger partial charge is 0.251 e. The van der Waals surface area contributed by atoms with Crippen molar-refractivity contribution >= 4 is 34.9 Å². The lowest BCUT2D eigenvalue weighted by molar-refractivity contribution is -0.129. The maximum Gasteiger partial charge on any atom is 0.251 e. The molecule has 1 fully saturated rings. The Bertz CT molecular complexity index is 1210. The fraction of sp³-hybridized carbons (Fsp3) is 0.167. The Hall–Kier alpha value is -4.18. The zero-order valence-electron chi connectivity index (χ0n) is 18.1. The van der Waals surface area contributed by atoms with Crippen molar-refractivity contribution in [1.82, 2.24) is 15.5 Å². The first kappa shape index (κ1) is 23.0. The van der Waals surface area contributed by atoms with Crippen molar-refractivity contribution in [3.63, 3.8) is 0 Å². The summed E-state index contributed by atoms with van der Waals surface area (Å²) in [4.78, 5) is 39.3. The quantitative estimate of drug-likeness (QED) is 0.212. The number of hydrogen-bond donors (Lipinski definition) is 4. The van der Waals surface area contributed by atoms with E-state index in [1.165, 1.54) is 16.2 Å². The number of carbonyl (C=O) groups excluding carboxylic acids is 3. The highest BCUT2D eigenvalue weighted by molar-refractivity contribution is 7.10. The number of nitrogen functional groups attached to an aromatic ring is 1. The van der Waals surface area contributed by atoms with E-state index in [0.29, 0.717) is 35.7 Å². The van der Waals surface area contributed by atoms with Gasteiger partial charge in [0.2, 0.25) is 11.8 Å². The summed E-state index contributed by atoms with van der Waals surface area (Å²) in [5, 5.41) is 14.5. The fourth-order valence-corrected chi connectivity index (χ4v) is 4.03. The number of amides is 3. The van der Waals surface area contributed by atoms with E-state index >= 15 is 0 Å². The van der Waals surface area contributed by atoms with Crippen molar-refractivity contribution in [1.29, 1.82) is 5.41 Å². The molecule has 1 unspecified atom stereocenters. The van der Waals surface area contributed by atoms with Gasteiger partial charge in [0.1, 0.15) is 23.4 Å². The van der Waals surface area contributed by atoms with E-state index in [1.807, 2.05) is 30.3 Å². The monoisotopic (exact) mass is 477 g/mol. The zero-order valence-corrected chi connectivity index (χ0v) is 18.9. The van der Waals surface area contributed by atoms with Gasteiger partial charge in [-0.2, -0.15) is 0 Å². The number of hydrogen-bond acceptors (Lipinski definition) is 6. The number of benzene rings is 2. The predicted molar refractivity (Wildman–Crippen MR) is 128 cm³/mol. The summed E-state index contributed by atoms with van der Waals surface area (Å²) in [5.74, 6) is 0.294. The average Bonchev–Trinajstić information content (AvgIpc) is 3.51. The van der Waals surface area contributed by atoms with Crippen molar-refractivity contribution < 1.29 is 19.1 Å².